The van der Waals surface area contributed by atoms with Crippen molar-refractivity contribution in [3.8, 4) is 22.9 Å². The Balaban J connectivity index is 2.32. The van der Waals surface area contributed by atoms with Crippen LogP contribution in [0.4, 0.5) is 5.82 Å². The highest BCUT2D eigenvalue weighted by molar-refractivity contribution is 5.90. The van der Waals surface area contributed by atoms with Gasteiger partial charge in [-0.25, -0.2) is 9.97 Å². The predicted octanol–water partition coefficient (Wildman–Crippen LogP) is 2.23. The SMILES string of the molecule is COc1ccnc(OC)c1-c1cc2cc(N)ncc2n1C. The smallest absolute Gasteiger partial charge is 0.226 e. The third kappa shape index (κ3) is 2.05. The van der Waals surface area contributed by atoms with E-state index in [1.54, 1.807) is 26.6 Å². The highest BCUT2D eigenvalue weighted by atomic mass is 16.5. The molecule has 2 N–H and O–H groups in total. The number of rotatable bonds is 3. The largest absolute Gasteiger partial charge is 0.496 e. The Morgan fingerprint density at radius 3 is 2.67 bits per heavy atom. The van der Waals surface area contributed by atoms with E-state index < -0.39 is 0 Å². The minimum Gasteiger partial charge on any atom is -0.496 e. The van der Waals surface area contributed by atoms with Gasteiger partial charge < -0.3 is 19.8 Å². The normalized spacial score (nSPS) is 10.8. The summed E-state index contributed by atoms with van der Waals surface area (Å²) in [7, 11) is 5.18. The molecule has 0 aliphatic carbocycles. The van der Waals surface area contributed by atoms with Gasteiger partial charge in [0.1, 0.15) is 17.1 Å². The zero-order valence-electron chi connectivity index (χ0n) is 12.1. The van der Waals surface area contributed by atoms with Crippen molar-refractivity contribution in [3.63, 3.8) is 0 Å². The van der Waals surface area contributed by atoms with Crippen molar-refractivity contribution < 1.29 is 9.47 Å². The second-order valence-corrected chi connectivity index (χ2v) is 4.65. The number of anilines is 1. The van der Waals surface area contributed by atoms with Crippen molar-refractivity contribution in [2.75, 3.05) is 20.0 Å². The van der Waals surface area contributed by atoms with E-state index in [4.69, 9.17) is 15.2 Å². The Labute approximate surface area is 122 Å². The summed E-state index contributed by atoms with van der Waals surface area (Å²) in [5, 5.41) is 1.01. The van der Waals surface area contributed by atoms with Crippen molar-refractivity contribution >= 4 is 16.7 Å². The quantitative estimate of drug-likeness (QED) is 0.798. The lowest BCUT2D eigenvalue weighted by atomic mass is 10.1. The summed E-state index contributed by atoms with van der Waals surface area (Å²) in [5.41, 5.74) is 8.47. The van der Waals surface area contributed by atoms with Gasteiger partial charge >= 0.3 is 0 Å². The molecule has 0 aliphatic heterocycles. The number of pyridine rings is 2. The number of hydrogen-bond donors (Lipinski definition) is 1. The van der Waals surface area contributed by atoms with E-state index in [9.17, 15) is 0 Å². The third-order valence-electron chi connectivity index (χ3n) is 3.50. The van der Waals surface area contributed by atoms with Crippen LogP contribution in [0.3, 0.4) is 0 Å². The number of aromatic nitrogens is 3. The molecular formula is C15H16N4O2. The molecule has 0 spiro atoms. The molecule has 0 saturated carbocycles. The summed E-state index contributed by atoms with van der Waals surface area (Å²) in [5.74, 6) is 1.71. The second-order valence-electron chi connectivity index (χ2n) is 4.65. The second kappa shape index (κ2) is 4.97. The Morgan fingerprint density at radius 1 is 1.14 bits per heavy atom. The minimum atomic E-state index is 0.491. The number of ether oxygens (including phenoxy) is 2. The van der Waals surface area contributed by atoms with Crippen LogP contribution in [-0.2, 0) is 7.05 Å². The Bertz CT molecular complexity index is 789. The van der Waals surface area contributed by atoms with Gasteiger partial charge in [-0.2, -0.15) is 0 Å². The number of nitrogens with two attached hydrogens (primary N) is 1. The molecule has 0 aromatic carbocycles. The molecule has 0 atom stereocenters. The molecule has 0 radical (unpaired) electrons. The molecule has 0 amide bonds. The van der Waals surface area contributed by atoms with Gasteiger partial charge in [-0.05, 0) is 18.2 Å². The monoisotopic (exact) mass is 284 g/mol. The predicted molar refractivity (Wildman–Crippen MR) is 81.5 cm³/mol. The van der Waals surface area contributed by atoms with Crippen molar-refractivity contribution in [3.05, 3.63) is 30.6 Å². The van der Waals surface area contributed by atoms with Crippen LogP contribution in [0.1, 0.15) is 0 Å². The maximum atomic E-state index is 5.75. The Kier molecular flexibility index (Phi) is 3.13. The lowest BCUT2D eigenvalue weighted by molar-refractivity contribution is 0.385. The molecule has 3 aromatic heterocycles. The molecular weight excluding hydrogens is 268 g/mol. The first-order valence-electron chi connectivity index (χ1n) is 6.44. The van der Waals surface area contributed by atoms with Crippen molar-refractivity contribution in [1.29, 1.82) is 0 Å². The van der Waals surface area contributed by atoms with Gasteiger partial charge in [0.25, 0.3) is 0 Å². The van der Waals surface area contributed by atoms with Crippen LogP contribution in [0.5, 0.6) is 11.6 Å². The summed E-state index contributed by atoms with van der Waals surface area (Å²) < 4.78 is 12.8. The van der Waals surface area contributed by atoms with Crippen LogP contribution in [0.25, 0.3) is 22.2 Å². The number of hydrogen-bond acceptors (Lipinski definition) is 5. The molecule has 0 aliphatic rings. The van der Waals surface area contributed by atoms with Crippen LogP contribution >= 0.6 is 0 Å². The number of aryl methyl sites for hydroxylation is 1. The van der Waals surface area contributed by atoms with Crippen molar-refractivity contribution in [2.24, 2.45) is 7.05 Å². The minimum absolute atomic E-state index is 0.491. The van der Waals surface area contributed by atoms with E-state index in [0.717, 1.165) is 22.2 Å². The molecule has 0 saturated heterocycles. The van der Waals surface area contributed by atoms with Crippen LogP contribution in [-0.4, -0.2) is 28.8 Å². The Hall–Kier alpha value is -2.76. The van der Waals surface area contributed by atoms with Gasteiger partial charge in [-0.3, -0.25) is 0 Å². The maximum absolute atomic E-state index is 5.75. The molecule has 6 heteroatoms. The third-order valence-corrected chi connectivity index (χ3v) is 3.50. The van der Waals surface area contributed by atoms with Gasteiger partial charge in [0.15, 0.2) is 0 Å². The molecule has 108 valence electrons. The van der Waals surface area contributed by atoms with Gasteiger partial charge in [0.2, 0.25) is 5.88 Å². The van der Waals surface area contributed by atoms with Gasteiger partial charge in [-0.15, -0.1) is 0 Å². The molecule has 0 fully saturated rings. The molecule has 21 heavy (non-hydrogen) atoms. The van der Waals surface area contributed by atoms with Gasteiger partial charge in [-0.1, -0.05) is 0 Å². The van der Waals surface area contributed by atoms with Gasteiger partial charge in [0, 0.05) is 18.6 Å². The van der Waals surface area contributed by atoms with Crippen LogP contribution in [0.15, 0.2) is 30.6 Å². The van der Waals surface area contributed by atoms with Crippen LogP contribution in [0.2, 0.25) is 0 Å². The molecule has 3 heterocycles. The van der Waals surface area contributed by atoms with E-state index in [1.165, 1.54) is 0 Å². The first kappa shape index (κ1) is 13.2. The average molecular weight is 284 g/mol. The van der Waals surface area contributed by atoms with E-state index in [1.807, 2.05) is 29.8 Å². The maximum Gasteiger partial charge on any atom is 0.226 e. The first-order valence-corrected chi connectivity index (χ1v) is 6.44. The van der Waals surface area contributed by atoms with E-state index in [-0.39, 0.29) is 0 Å². The van der Waals surface area contributed by atoms with Crippen molar-refractivity contribution in [2.45, 2.75) is 0 Å². The lowest BCUT2D eigenvalue weighted by Gasteiger charge is -2.12. The zero-order valence-corrected chi connectivity index (χ0v) is 12.1. The molecule has 0 unspecified atom stereocenters. The summed E-state index contributed by atoms with van der Waals surface area (Å²) >= 11 is 0. The molecule has 3 aromatic rings. The summed E-state index contributed by atoms with van der Waals surface area (Å²) in [6.45, 7) is 0. The van der Waals surface area contributed by atoms with Crippen molar-refractivity contribution in [1.82, 2.24) is 14.5 Å². The number of fused-ring (bicyclic) bond motifs is 1. The standard InChI is InChI=1S/C15H16N4O2/c1-19-10(6-9-7-13(16)18-8-11(9)19)14-12(20-2)4-5-17-15(14)21-3/h4-8H,1-3H3,(H2,16,18). The number of methoxy groups -OCH3 is 2. The fourth-order valence-corrected chi connectivity index (χ4v) is 2.48. The zero-order chi connectivity index (χ0) is 15.0. The first-order chi connectivity index (χ1) is 10.2. The topological polar surface area (TPSA) is 75.2 Å². The summed E-state index contributed by atoms with van der Waals surface area (Å²) in [6.07, 6.45) is 3.41. The van der Waals surface area contributed by atoms with E-state index >= 15 is 0 Å². The fraction of sp³-hybridized carbons (Fsp3) is 0.200. The molecule has 6 nitrogen and oxygen atoms in total. The fourth-order valence-electron chi connectivity index (χ4n) is 2.48. The molecule has 3 rings (SSSR count). The highest BCUT2D eigenvalue weighted by Gasteiger charge is 2.18. The summed E-state index contributed by atoms with van der Waals surface area (Å²) in [6, 6.07) is 5.67. The summed E-state index contributed by atoms with van der Waals surface area (Å²) in [4.78, 5) is 8.39. The van der Waals surface area contributed by atoms with Crippen LogP contribution in [0, 0.1) is 0 Å². The van der Waals surface area contributed by atoms with E-state index in [2.05, 4.69) is 9.97 Å². The molecule has 0 bridgehead atoms. The Morgan fingerprint density at radius 2 is 1.95 bits per heavy atom. The van der Waals surface area contributed by atoms with Gasteiger partial charge in [0.05, 0.1) is 31.6 Å². The van der Waals surface area contributed by atoms with E-state index in [0.29, 0.717) is 17.4 Å². The average Bonchev–Trinajstić information content (AvgIpc) is 2.82. The number of nitrogen functional groups attached to an aromatic ring is 1. The number of nitrogens with zero attached hydrogens (tertiary/aromatic N) is 3. The van der Waals surface area contributed by atoms with Crippen LogP contribution < -0.4 is 15.2 Å². The lowest BCUT2D eigenvalue weighted by Crippen LogP contribution is -1.99. The highest BCUT2D eigenvalue weighted by Crippen LogP contribution is 2.38.